The van der Waals surface area contributed by atoms with E-state index in [1.54, 1.807) is 4.90 Å². The van der Waals surface area contributed by atoms with E-state index in [-0.39, 0.29) is 17.2 Å². The number of rotatable bonds is 5. The fraction of sp³-hybridized carbons (Fsp3) is 0.464. The van der Waals surface area contributed by atoms with Crippen LogP contribution in [-0.2, 0) is 10.2 Å². The molecule has 5 nitrogen and oxygen atoms in total. The minimum atomic E-state index is -0.671. The van der Waals surface area contributed by atoms with Gasteiger partial charge in [-0.05, 0) is 86.2 Å². The Hall–Kier alpha value is -2.48. The average Bonchev–Trinajstić information content (AvgIpc) is 3.20. The number of nitrogens with zero attached hydrogens (tertiary/aromatic N) is 2. The van der Waals surface area contributed by atoms with Crippen LogP contribution in [0.3, 0.4) is 0 Å². The number of hydrogen-bond acceptors (Lipinski definition) is 4. The first-order valence-electron chi connectivity index (χ1n) is 12.7. The first kappa shape index (κ1) is 25.2. The van der Waals surface area contributed by atoms with Crippen molar-refractivity contribution in [2.45, 2.75) is 37.2 Å². The Balaban J connectivity index is 1.08. The van der Waals surface area contributed by atoms with Crippen LogP contribution < -0.4 is 5.32 Å². The summed E-state index contributed by atoms with van der Waals surface area (Å²) in [5.41, 5.74) is 2.98. The molecule has 5 rings (SSSR count). The number of nitrogens with one attached hydrogen (secondary N) is 1. The van der Waals surface area contributed by atoms with Gasteiger partial charge < -0.3 is 20.2 Å². The summed E-state index contributed by atoms with van der Waals surface area (Å²) < 4.78 is 26.7. The number of carbonyl (C=O) groups excluding carboxylic acids is 1. The number of hydrogen-bond donors (Lipinski definition) is 2. The molecule has 0 radical (unpaired) electrons. The molecule has 0 bridgehead atoms. The second-order valence-corrected chi connectivity index (χ2v) is 10.8. The number of fused-ring (bicyclic) bond motifs is 2. The van der Waals surface area contributed by atoms with Gasteiger partial charge in [0.25, 0.3) is 0 Å². The van der Waals surface area contributed by atoms with Crippen LogP contribution in [0, 0.1) is 17.6 Å². The van der Waals surface area contributed by atoms with Crippen LogP contribution in [0.1, 0.15) is 36.8 Å². The third kappa shape index (κ3) is 5.43. The highest BCUT2D eigenvalue weighted by molar-refractivity contribution is 6.30. The molecule has 2 aromatic rings. The van der Waals surface area contributed by atoms with Crippen molar-refractivity contribution in [1.29, 1.82) is 0 Å². The lowest BCUT2D eigenvalue weighted by Gasteiger charge is -2.41. The summed E-state index contributed by atoms with van der Waals surface area (Å²) in [5.74, 6) is -1.37. The number of aliphatic hydroxyl groups is 1. The maximum Gasteiger partial charge on any atom is 0.246 e. The molecule has 2 fully saturated rings. The molecule has 2 aromatic carbocycles. The molecule has 3 aliphatic rings. The predicted molar refractivity (Wildman–Crippen MR) is 138 cm³/mol. The number of anilines is 1. The molecular formula is C28H32ClF2N3O2. The molecular weight excluding hydrogens is 484 g/mol. The van der Waals surface area contributed by atoms with Crippen molar-refractivity contribution >= 4 is 29.3 Å². The van der Waals surface area contributed by atoms with Crippen LogP contribution in [-0.4, -0.2) is 66.2 Å². The molecule has 1 atom stereocenters. The van der Waals surface area contributed by atoms with E-state index in [0.29, 0.717) is 25.2 Å². The Morgan fingerprint density at radius 2 is 1.81 bits per heavy atom. The van der Waals surface area contributed by atoms with Crippen molar-refractivity contribution < 1.29 is 18.7 Å². The SMILES string of the molecule is O=C(/C=C/c1cc(F)cc(F)c1)N1CCC(C(O)CN2CCC3(CC2)CNc2cc(Cl)ccc23)CC1. The predicted octanol–water partition coefficient (Wildman–Crippen LogP) is 4.69. The highest BCUT2D eigenvalue weighted by Gasteiger charge is 2.42. The smallest absolute Gasteiger partial charge is 0.246 e. The van der Waals surface area contributed by atoms with E-state index >= 15 is 0 Å². The average molecular weight is 516 g/mol. The van der Waals surface area contributed by atoms with Gasteiger partial charge in [0.1, 0.15) is 11.6 Å². The molecule has 1 spiro atoms. The molecule has 0 aliphatic carbocycles. The lowest BCUT2D eigenvalue weighted by Crippen LogP contribution is -2.48. The van der Waals surface area contributed by atoms with Gasteiger partial charge in [-0.1, -0.05) is 17.7 Å². The first-order valence-corrected chi connectivity index (χ1v) is 13.1. The number of carbonyl (C=O) groups is 1. The van der Waals surface area contributed by atoms with E-state index < -0.39 is 17.7 Å². The van der Waals surface area contributed by atoms with Crippen molar-refractivity contribution in [1.82, 2.24) is 9.80 Å². The van der Waals surface area contributed by atoms with E-state index in [1.165, 1.54) is 29.8 Å². The largest absolute Gasteiger partial charge is 0.392 e. The summed E-state index contributed by atoms with van der Waals surface area (Å²) in [6.45, 7) is 4.62. The van der Waals surface area contributed by atoms with Crippen LogP contribution in [0.25, 0.3) is 6.08 Å². The van der Waals surface area contributed by atoms with Crippen LogP contribution in [0.5, 0.6) is 0 Å². The normalized spacial score (nSPS) is 21.1. The molecule has 8 heteroatoms. The minimum absolute atomic E-state index is 0.151. The standard InChI is InChI=1S/C28H32ClF2N3O2/c29-21-2-3-24-25(15-21)32-18-28(24)7-11-33(12-8-28)17-26(35)20-5-9-34(10-6-20)27(36)4-1-19-13-22(30)16-23(31)14-19/h1-4,13-16,20,26,32,35H,5-12,17-18H2/b4-1+. The molecule has 3 aliphatic heterocycles. The van der Waals surface area contributed by atoms with Crippen molar-refractivity contribution in [3.05, 3.63) is 70.3 Å². The van der Waals surface area contributed by atoms with Crippen LogP contribution in [0.2, 0.25) is 5.02 Å². The number of aliphatic hydroxyl groups excluding tert-OH is 1. The zero-order valence-corrected chi connectivity index (χ0v) is 21.0. The molecule has 36 heavy (non-hydrogen) atoms. The van der Waals surface area contributed by atoms with Gasteiger partial charge in [-0.15, -0.1) is 0 Å². The van der Waals surface area contributed by atoms with E-state index in [0.717, 1.165) is 62.1 Å². The second kappa shape index (κ2) is 10.5. The summed E-state index contributed by atoms with van der Waals surface area (Å²) in [7, 11) is 0. The quantitative estimate of drug-likeness (QED) is 0.567. The first-order chi connectivity index (χ1) is 17.3. The molecule has 0 saturated carbocycles. The summed E-state index contributed by atoms with van der Waals surface area (Å²) >= 11 is 6.16. The Morgan fingerprint density at radius 3 is 2.50 bits per heavy atom. The molecule has 1 unspecified atom stereocenters. The van der Waals surface area contributed by atoms with Gasteiger partial charge in [-0.2, -0.15) is 0 Å². The van der Waals surface area contributed by atoms with Crippen molar-refractivity contribution in [2.24, 2.45) is 5.92 Å². The lowest BCUT2D eigenvalue weighted by atomic mass is 9.74. The molecule has 0 aromatic heterocycles. The highest BCUT2D eigenvalue weighted by Crippen LogP contribution is 2.44. The molecule has 1 amide bonds. The van der Waals surface area contributed by atoms with Crippen LogP contribution in [0.4, 0.5) is 14.5 Å². The van der Waals surface area contributed by atoms with Gasteiger partial charge in [0.05, 0.1) is 6.10 Å². The monoisotopic (exact) mass is 515 g/mol. The summed E-state index contributed by atoms with van der Waals surface area (Å²) in [5, 5.41) is 15.2. The highest BCUT2D eigenvalue weighted by atomic mass is 35.5. The maximum absolute atomic E-state index is 13.3. The van der Waals surface area contributed by atoms with E-state index in [4.69, 9.17) is 11.6 Å². The van der Waals surface area contributed by atoms with Gasteiger partial charge in [0.15, 0.2) is 0 Å². The number of likely N-dealkylation sites (tertiary alicyclic amines) is 2. The summed E-state index contributed by atoms with van der Waals surface area (Å²) in [6.07, 6.45) is 5.96. The summed E-state index contributed by atoms with van der Waals surface area (Å²) in [4.78, 5) is 16.6. The third-order valence-corrected chi connectivity index (χ3v) is 8.36. The van der Waals surface area contributed by atoms with Gasteiger partial charge in [0.2, 0.25) is 5.91 Å². The Morgan fingerprint density at radius 1 is 1.11 bits per heavy atom. The molecule has 192 valence electrons. The van der Waals surface area contributed by atoms with Gasteiger partial charge in [0, 0.05) is 54.4 Å². The van der Waals surface area contributed by atoms with E-state index in [1.807, 2.05) is 12.1 Å². The lowest BCUT2D eigenvalue weighted by molar-refractivity contribution is -0.128. The van der Waals surface area contributed by atoms with Crippen molar-refractivity contribution in [2.75, 3.05) is 44.6 Å². The van der Waals surface area contributed by atoms with Gasteiger partial charge in [-0.25, -0.2) is 8.78 Å². The minimum Gasteiger partial charge on any atom is -0.392 e. The Bertz CT molecular complexity index is 1120. The van der Waals surface area contributed by atoms with E-state index in [9.17, 15) is 18.7 Å². The molecule has 3 heterocycles. The van der Waals surface area contributed by atoms with Crippen LogP contribution >= 0.6 is 11.6 Å². The van der Waals surface area contributed by atoms with Crippen molar-refractivity contribution in [3.8, 4) is 0 Å². The number of halogens is 3. The molecule has 2 saturated heterocycles. The summed E-state index contributed by atoms with van der Waals surface area (Å²) in [6, 6.07) is 9.32. The topological polar surface area (TPSA) is 55.8 Å². The number of piperidine rings is 2. The fourth-order valence-electron chi connectivity index (χ4n) is 5.96. The van der Waals surface area contributed by atoms with Crippen molar-refractivity contribution in [3.63, 3.8) is 0 Å². The Kier molecular flexibility index (Phi) is 7.33. The zero-order chi connectivity index (χ0) is 25.3. The van der Waals surface area contributed by atoms with Gasteiger partial charge >= 0.3 is 0 Å². The number of benzene rings is 2. The van der Waals surface area contributed by atoms with Gasteiger partial charge in [-0.3, -0.25) is 4.79 Å². The third-order valence-electron chi connectivity index (χ3n) is 8.13. The second-order valence-electron chi connectivity index (χ2n) is 10.4. The Labute approximate surface area is 215 Å². The zero-order valence-electron chi connectivity index (χ0n) is 20.2. The maximum atomic E-state index is 13.3. The number of β-amino-alcohol motifs (C(OH)–C–C–N with tert-alkyl or cyclic N) is 1. The number of amides is 1. The fourth-order valence-corrected chi connectivity index (χ4v) is 6.13. The van der Waals surface area contributed by atoms with Crippen LogP contribution in [0.15, 0.2) is 42.5 Å². The van der Waals surface area contributed by atoms with E-state index in [2.05, 4.69) is 16.3 Å². The molecule has 2 N–H and O–H groups in total.